The highest BCUT2D eigenvalue weighted by Gasteiger charge is 2.58. The summed E-state index contributed by atoms with van der Waals surface area (Å²) in [5.74, 6) is -2.30. The number of esters is 1. The highest BCUT2D eigenvalue weighted by atomic mass is 32.2. The Labute approximate surface area is 361 Å². The Bertz CT molecular complexity index is 2570. The Morgan fingerprint density at radius 1 is 0.806 bits per heavy atom. The molecule has 0 aromatic heterocycles. The van der Waals surface area contributed by atoms with Crippen LogP contribution in [0.1, 0.15) is 55.5 Å². The third-order valence-electron chi connectivity index (χ3n) is 11.0. The van der Waals surface area contributed by atoms with Gasteiger partial charge in [0.05, 0.1) is 16.6 Å². The molecule has 0 bridgehead atoms. The number of rotatable bonds is 9. The molecular weight excluding hydrogens is 807 g/mol. The van der Waals surface area contributed by atoms with E-state index < -0.39 is 57.7 Å². The van der Waals surface area contributed by atoms with Gasteiger partial charge in [-0.05, 0) is 62.1 Å². The van der Waals surface area contributed by atoms with Crippen LogP contribution in [-0.4, -0.2) is 62.3 Å². The summed E-state index contributed by atoms with van der Waals surface area (Å²) in [4.78, 5) is 58.4. The van der Waals surface area contributed by atoms with Gasteiger partial charge in [0.2, 0.25) is 0 Å². The van der Waals surface area contributed by atoms with Gasteiger partial charge in [-0.15, -0.1) is 0 Å². The molecule has 3 atom stereocenters. The van der Waals surface area contributed by atoms with E-state index in [2.05, 4.69) is 5.32 Å². The number of fused-ring (bicyclic) bond motifs is 2. The van der Waals surface area contributed by atoms with Crippen LogP contribution < -0.4 is 19.7 Å². The topological polar surface area (TPSA) is 141 Å². The standard InChI is InChI=1S/C49H43N3O9S/c1-48(2,3)61-47(56)50-40-44(54)52-41(46(55)58-42(31-16-8-4-9-17-31)32-18-10-5-11-19-32)34(30-62(57)45(40)52)28-33-26-27-51(43(33)53)37-24-25-38-39(29-37)60-49(59-38,35-20-12-6-13-21-35)36-22-14-7-15-23-36/h4-25,28-29,40,42,45H,26-27,30H2,1-3H3,(H,50,56)/b33-28+. The van der Waals surface area contributed by atoms with Gasteiger partial charge in [0.1, 0.15) is 22.7 Å². The minimum Gasteiger partial charge on any atom is -0.448 e. The molecule has 2 saturated heterocycles. The first-order valence-corrected chi connectivity index (χ1v) is 21.7. The average Bonchev–Trinajstić information content (AvgIpc) is 3.85. The number of carbonyl (C=O) groups excluding carboxylic acids is 4. The van der Waals surface area contributed by atoms with E-state index in [1.54, 1.807) is 49.9 Å². The summed E-state index contributed by atoms with van der Waals surface area (Å²) in [6.07, 6.45) is 0.132. The number of β-lactam (4-membered cyclic amide) rings is 1. The molecule has 3 unspecified atom stereocenters. The van der Waals surface area contributed by atoms with Crippen molar-refractivity contribution in [2.75, 3.05) is 17.2 Å². The maximum absolute atomic E-state index is 14.6. The minimum atomic E-state index is -1.80. The van der Waals surface area contributed by atoms with Crippen LogP contribution in [-0.2, 0) is 40.4 Å². The van der Waals surface area contributed by atoms with Crippen LogP contribution in [0.2, 0.25) is 0 Å². The highest BCUT2D eigenvalue weighted by Crippen LogP contribution is 2.49. The van der Waals surface area contributed by atoms with Crippen molar-refractivity contribution < 1.29 is 42.3 Å². The fourth-order valence-corrected chi connectivity index (χ4v) is 9.80. The van der Waals surface area contributed by atoms with E-state index in [1.807, 2.05) is 121 Å². The van der Waals surface area contributed by atoms with Crippen LogP contribution in [0, 0.1) is 0 Å². The van der Waals surface area contributed by atoms with Gasteiger partial charge in [0.15, 0.2) is 17.6 Å². The van der Waals surface area contributed by atoms with E-state index in [9.17, 15) is 23.4 Å². The van der Waals surface area contributed by atoms with Crippen LogP contribution in [0.15, 0.2) is 162 Å². The van der Waals surface area contributed by atoms with Crippen molar-refractivity contribution in [2.45, 2.75) is 56.1 Å². The third-order valence-corrected chi connectivity index (χ3v) is 12.6. The summed E-state index contributed by atoms with van der Waals surface area (Å²) in [5, 5.41) is 1.47. The molecule has 12 nitrogen and oxygen atoms in total. The Kier molecular flexibility index (Phi) is 10.5. The molecule has 62 heavy (non-hydrogen) atoms. The van der Waals surface area contributed by atoms with Crippen molar-refractivity contribution in [3.63, 3.8) is 0 Å². The number of carbonyl (C=O) groups is 4. The molecule has 0 spiro atoms. The number of hydrogen-bond acceptors (Lipinski definition) is 9. The predicted octanol–water partition coefficient (Wildman–Crippen LogP) is 7.43. The second kappa shape index (κ2) is 16.1. The van der Waals surface area contributed by atoms with Gasteiger partial charge in [-0.1, -0.05) is 121 Å². The number of amides is 3. The molecule has 2 fully saturated rings. The second-order valence-corrected chi connectivity index (χ2v) is 17.8. The maximum atomic E-state index is 14.6. The maximum Gasteiger partial charge on any atom is 0.408 e. The molecule has 0 radical (unpaired) electrons. The lowest BCUT2D eigenvalue weighted by Gasteiger charge is -2.49. The molecule has 4 aliphatic heterocycles. The zero-order valence-corrected chi connectivity index (χ0v) is 35.0. The van der Waals surface area contributed by atoms with Crippen molar-refractivity contribution >= 4 is 40.4 Å². The number of anilines is 1. The molecule has 5 aromatic rings. The van der Waals surface area contributed by atoms with Gasteiger partial charge < -0.3 is 29.2 Å². The number of nitrogens with one attached hydrogen (secondary N) is 1. The van der Waals surface area contributed by atoms with Crippen molar-refractivity contribution in [1.29, 1.82) is 0 Å². The first-order valence-electron chi connectivity index (χ1n) is 20.3. The molecule has 4 aliphatic rings. The number of alkyl carbamates (subject to hydrolysis) is 1. The third kappa shape index (κ3) is 7.53. The normalized spacial score (nSPS) is 20.8. The first-order chi connectivity index (χ1) is 29.9. The van der Waals surface area contributed by atoms with Gasteiger partial charge in [-0.2, -0.15) is 0 Å². The van der Waals surface area contributed by atoms with E-state index in [0.29, 0.717) is 46.9 Å². The molecule has 3 amide bonds. The van der Waals surface area contributed by atoms with Crippen molar-refractivity contribution in [3.05, 3.63) is 185 Å². The van der Waals surface area contributed by atoms with Crippen molar-refractivity contribution in [1.82, 2.24) is 10.2 Å². The Morgan fingerprint density at radius 2 is 1.37 bits per heavy atom. The van der Waals surface area contributed by atoms with Gasteiger partial charge in [0, 0.05) is 35.0 Å². The van der Waals surface area contributed by atoms with E-state index in [-0.39, 0.29) is 22.9 Å². The lowest BCUT2D eigenvalue weighted by molar-refractivity contribution is -0.153. The second-order valence-electron chi connectivity index (χ2n) is 16.3. The average molecular weight is 850 g/mol. The monoisotopic (exact) mass is 849 g/mol. The number of allylic oxidation sites excluding steroid dienone is 1. The molecule has 5 aromatic carbocycles. The first kappa shape index (κ1) is 40.4. The molecule has 0 saturated carbocycles. The van der Waals surface area contributed by atoms with Crippen LogP contribution in [0.25, 0.3) is 0 Å². The van der Waals surface area contributed by atoms with Crippen LogP contribution >= 0.6 is 0 Å². The van der Waals surface area contributed by atoms with E-state index >= 15 is 0 Å². The smallest absolute Gasteiger partial charge is 0.408 e. The lowest BCUT2D eigenvalue weighted by Crippen LogP contribution is -2.73. The molecular formula is C49H43N3O9S. The fraction of sp³-hybridized carbons (Fsp3) is 0.224. The van der Waals surface area contributed by atoms with Gasteiger partial charge in [0.25, 0.3) is 11.8 Å². The predicted molar refractivity (Wildman–Crippen MR) is 231 cm³/mol. The SMILES string of the molecule is CC(C)(C)OC(=O)NC1C(=O)N2C(C(=O)OC(c3ccccc3)c3ccccc3)=C(/C=C3\CCN(c4ccc5c(c4)OC(c4ccccc4)(c4ccccc4)O5)C3=O)CS(=O)C12. The van der Waals surface area contributed by atoms with Gasteiger partial charge in [-0.3, -0.25) is 18.7 Å². The molecule has 0 aliphatic carbocycles. The number of ether oxygens (including phenoxy) is 4. The lowest BCUT2D eigenvalue weighted by atomic mass is 9.97. The summed E-state index contributed by atoms with van der Waals surface area (Å²) < 4.78 is 38.9. The summed E-state index contributed by atoms with van der Waals surface area (Å²) in [7, 11) is -1.80. The van der Waals surface area contributed by atoms with Crippen LogP contribution in [0.5, 0.6) is 11.5 Å². The van der Waals surface area contributed by atoms with Crippen LogP contribution in [0.4, 0.5) is 10.5 Å². The quantitative estimate of drug-likeness (QED) is 0.0911. The van der Waals surface area contributed by atoms with Crippen LogP contribution in [0.3, 0.4) is 0 Å². The summed E-state index contributed by atoms with van der Waals surface area (Å²) in [6, 6.07) is 41.8. The zero-order valence-electron chi connectivity index (χ0n) is 34.2. The summed E-state index contributed by atoms with van der Waals surface area (Å²) in [5.41, 5.74) is 3.12. The van der Waals surface area contributed by atoms with E-state index in [1.165, 1.54) is 0 Å². The Hall–Kier alpha value is -6.99. The number of hydrogen-bond donors (Lipinski definition) is 1. The molecule has 9 rings (SSSR count). The number of nitrogens with zero attached hydrogens (tertiary/aromatic N) is 2. The Balaban J connectivity index is 1.04. The van der Waals surface area contributed by atoms with E-state index in [0.717, 1.165) is 16.0 Å². The number of benzene rings is 5. The highest BCUT2D eigenvalue weighted by molar-refractivity contribution is 7.86. The minimum absolute atomic E-state index is 0.140. The van der Waals surface area contributed by atoms with Gasteiger partial charge >= 0.3 is 17.8 Å². The molecule has 13 heteroatoms. The Morgan fingerprint density at radius 3 is 1.95 bits per heavy atom. The summed E-state index contributed by atoms with van der Waals surface area (Å²) >= 11 is 0. The zero-order chi connectivity index (χ0) is 43.2. The fourth-order valence-electron chi connectivity index (χ4n) is 8.17. The van der Waals surface area contributed by atoms with Crippen molar-refractivity contribution in [3.8, 4) is 11.5 Å². The van der Waals surface area contributed by atoms with Crippen molar-refractivity contribution in [2.24, 2.45) is 0 Å². The van der Waals surface area contributed by atoms with E-state index in [4.69, 9.17) is 18.9 Å². The van der Waals surface area contributed by atoms with Gasteiger partial charge in [-0.25, -0.2) is 9.59 Å². The molecule has 4 heterocycles. The molecule has 1 N–H and O–H groups in total. The summed E-state index contributed by atoms with van der Waals surface area (Å²) in [6.45, 7) is 5.37. The molecule has 314 valence electrons. The largest absolute Gasteiger partial charge is 0.448 e.